The molecule has 0 bridgehead atoms. The Morgan fingerprint density at radius 1 is 0.214 bits per heavy atom. The normalized spacial score (nSPS) is 11.3. The second kappa shape index (κ2) is 10.2. The number of hydrogen-bond donors (Lipinski definition) is 0. The standard InChI is InChI=1S/C42H28/c1-3-11-29(12-4-1)37-17-9-10-18-38(37)35-21-23-39-33(25-35)19-20-34-26-36(22-24-40(34)39)42-28-32-16-8-7-15-31(32)27-41(42)30-13-5-2-6-14-30/h1-28H. The second-order valence-corrected chi connectivity index (χ2v) is 11.0. The monoisotopic (exact) mass is 532 g/mol. The molecular weight excluding hydrogens is 504 g/mol. The minimum atomic E-state index is 1.24. The lowest BCUT2D eigenvalue weighted by molar-refractivity contribution is 1.59. The van der Waals surface area contributed by atoms with E-state index in [2.05, 4.69) is 170 Å². The topological polar surface area (TPSA) is 0 Å². The largest absolute Gasteiger partial charge is 0.0622 e. The summed E-state index contributed by atoms with van der Waals surface area (Å²) >= 11 is 0. The van der Waals surface area contributed by atoms with Gasteiger partial charge in [0.05, 0.1) is 0 Å². The van der Waals surface area contributed by atoms with Crippen LogP contribution in [0, 0.1) is 0 Å². The second-order valence-electron chi connectivity index (χ2n) is 11.0. The third-order valence-corrected chi connectivity index (χ3v) is 8.44. The number of fused-ring (bicyclic) bond motifs is 4. The first-order chi connectivity index (χ1) is 20.8. The third-order valence-electron chi connectivity index (χ3n) is 8.44. The van der Waals surface area contributed by atoms with Gasteiger partial charge in [0.15, 0.2) is 0 Å². The molecule has 8 aromatic rings. The van der Waals surface area contributed by atoms with Gasteiger partial charge in [0, 0.05) is 0 Å². The van der Waals surface area contributed by atoms with Gasteiger partial charge in [-0.05, 0) is 101 Å². The van der Waals surface area contributed by atoms with Gasteiger partial charge in [-0.3, -0.25) is 0 Å². The molecule has 0 nitrogen and oxygen atoms in total. The van der Waals surface area contributed by atoms with Gasteiger partial charge < -0.3 is 0 Å². The molecule has 0 aromatic heterocycles. The molecule has 0 saturated heterocycles. The lowest BCUT2D eigenvalue weighted by atomic mass is 9.89. The Bertz CT molecular complexity index is 2220. The Balaban J connectivity index is 1.25. The summed E-state index contributed by atoms with van der Waals surface area (Å²) in [6.07, 6.45) is 0. The first kappa shape index (κ1) is 24.3. The Morgan fingerprint density at radius 2 is 0.619 bits per heavy atom. The van der Waals surface area contributed by atoms with Gasteiger partial charge in [0.2, 0.25) is 0 Å². The number of rotatable bonds is 4. The lowest BCUT2D eigenvalue weighted by Crippen LogP contribution is -1.88. The third kappa shape index (κ3) is 4.26. The van der Waals surface area contributed by atoms with Crippen LogP contribution in [0.3, 0.4) is 0 Å². The van der Waals surface area contributed by atoms with Crippen LogP contribution in [0.4, 0.5) is 0 Å². The molecule has 0 spiro atoms. The number of benzene rings is 8. The highest BCUT2D eigenvalue weighted by atomic mass is 14.2. The van der Waals surface area contributed by atoms with Gasteiger partial charge >= 0.3 is 0 Å². The molecular formula is C42H28. The molecule has 0 unspecified atom stereocenters. The maximum atomic E-state index is 2.35. The van der Waals surface area contributed by atoms with Crippen molar-refractivity contribution >= 4 is 32.3 Å². The SMILES string of the molecule is c1ccc(-c2ccccc2-c2ccc3c(ccc4cc(-c5cc6ccccc6cc5-c5ccccc5)ccc43)c2)cc1. The molecule has 0 atom stereocenters. The van der Waals surface area contributed by atoms with Crippen molar-refractivity contribution in [3.05, 3.63) is 170 Å². The van der Waals surface area contributed by atoms with E-state index in [9.17, 15) is 0 Å². The molecule has 0 amide bonds. The van der Waals surface area contributed by atoms with Crippen molar-refractivity contribution in [2.75, 3.05) is 0 Å². The fraction of sp³-hybridized carbons (Fsp3) is 0. The summed E-state index contributed by atoms with van der Waals surface area (Å²) in [7, 11) is 0. The summed E-state index contributed by atoms with van der Waals surface area (Å²) in [5.74, 6) is 0. The zero-order valence-corrected chi connectivity index (χ0v) is 23.2. The quantitative estimate of drug-likeness (QED) is 0.198. The molecule has 0 radical (unpaired) electrons. The maximum absolute atomic E-state index is 2.35. The van der Waals surface area contributed by atoms with Crippen LogP contribution in [0.2, 0.25) is 0 Å². The maximum Gasteiger partial charge on any atom is -0.00988 e. The summed E-state index contributed by atoms with van der Waals surface area (Å²) in [5.41, 5.74) is 9.98. The summed E-state index contributed by atoms with van der Waals surface area (Å²) in [5, 5.41) is 7.59. The van der Waals surface area contributed by atoms with Crippen LogP contribution in [0.25, 0.3) is 76.8 Å². The van der Waals surface area contributed by atoms with Crippen LogP contribution in [0.5, 0.6) is 0 Å². The summed E-state index contributed by atoms with van der Waals surface area (Å²) < 4.78 is 0. The molecule has 42 heavy (non-hydrogen) atoms. The Labute approximate surface area is 246 Å². The zero-order valence-electron chi connectivity index (χ0n) is 23.2. The van der Waals surface area contributed by atoms with E-state index in [1.807, 2.05) is 0 Å². The Kier molecular flexibility index (Phi) is 5.90. The average Bonchev–Trinajstić information content (AvgIpc) is 3.08. The van der Waals surface area contributed by atoms with Gasteiger partial charge in [-0.1, -0.05) is 146 Å². The van der Waals surface area contributed by atoms with Crippen molar-refractivity contribution < 1.29 is 0 Å². The first-order valence-corrected chi connectivity index (χ1v) is 14.5. The van der Waals surface area contributed by atoms with Crippen molar-refractivity contribution in [3.8, 4) is 44.5 Å². The Hall–Kier alpha value is -5.46. The summed E-state index contributed by atoms with van der Waals surface area (Å²) in [6.45, 7) is 0. The first-order valence-electron chi connectivity index (χ1n) is 14.5. The van der Waals surface area contributed by atoms with E-state index in [1.54, 1.807) is 0 Å². The van der Waals surface area contributed by atoms with Crippen molar-refractivity contribution in [2.24, 2.45) is 0 Å². The van der Waals surface area contributed by atoms with Crippen molar-refractivity contribution in [2.45, 2.75) is 0 Å². The molecule has 0 N–H and O–H groups in total. The van der Waals surface area contributed by atoms with Crippen LogP contribution in [0.1, 0.15) is 0 Å². The smallest absolute Gasteiger partial charge is 0.00988 e. The molecule has 0 aliphatic heterocycles. The predicted octanol–water partition coefficient (Wildman–Crippen LogP) is 11.8. The molecule has 8 rings (SSSR count). The van der Waals surface area contributed by atoms with Gasteiger partial charge in [-0.15, -0.1) is 0 Å². The highest BCUT2D eigenvalue weighted by molar-refractivity contribution is 6.10. The van der Waals surface area contributed by atoms with Crippen molar-refractivity contribution in [1.29, 1.82) is 0 Å². The highest BCUT2D eigenvalue weighted by Gasteiger charge is 2.12. The van der Waals surface area contributed by atoms with Crippen LogP contribution >= 0.6 is 0 Å². The minimum Gasteiger partial charge on any atom is -0.0622 e. The zero-order chi connectivity index (χ0) is 27.9. The van der Waals surface area contributed by atoms with E-state index in [1.165, 1.54) is 76.8 Å². The van der Waals surface area contributed by atoms with Crippen molar-refractivity contribution in [3.63, 3.8) is 0 Å². The van der Waals surface area contributed by atoms with Crippen LogP contribution in [0.15, 0.2) is 170 Å². The fourth-order valence-corrected chi connectivity index (χ4v) is 6.35. The number of hydrogen-bond acceptors (Lipinski definition) is 0. The van der Waals surface area contributed by atoms with Gasteiger partial charge in [-0.2, -0.15) is 0 Å². The molecule has 0 saturated carbocycles. The van der Waals surface area contributed by atoms with Crippen LogP contribution in [-0.2, 0) is 0 Å². The van der Waals surface area contributed by atoms with E-state index in [0.717, 1.165) is 0 Å². The van der Waals surface area contributed by atoms with E-state index in [4.69, 9.17) is 0 Å². The fourth-order valence-electron chi connectivity index (χ4n) is 6.35. The summed E-state index contributed by atoms with van der Waals surface area (Å²) in [4.78, 5) is 0. The minimum absolute atomic E-state index is 1.24. The van der Waals surface area contributed by atoms with E-state index in [0.29, 0.717) is 0 Å². The summed E-state index contributed by atoms with van der Waals surface area (Å²) in [6, 6.07) is 61.8. The van der Waals surface area contributed by atoms with Gasteiger partial charge in [0.1, 0.15) is 0 Å². The molecule has 196 valence electrons. The lowest BCUT2D eigenvalue weighted by Gasteiger charge is -2.15. The Morgan fingerprint density at radius 3 is 1.17 bits per heavy atom. The predicted molar refractivity (Wildman–Crippen MR) is 181 cm³/mol. The molecule has 0 aliphatic carbocycles. The molecule has 0 heteroatoms. The molecule has 0 aliphatic rings. The van der Waals surface area contributed by atoms with E-state index < -0.39 is 0 Å². The molecule has 8 aromatic carbocycles. The van der Waals surface area contributed by atoms with Crippen molar-refractivity contribution in [1.82, 2.24) is 0 Å². The average molecular weight is 533 g/mol. The van der Waals surface area contributed by atoms with Crippen LogP contribution < -0.4 is 0 Å². The van der Waals surface area contributed by atoms with Crippen LogP contribution in [-0.4, -0.2) is 0 Å². The van der Waals surface area contributed by atoms with Gasteiger partial charge in [-0.25, -0.2) is 0 Å². The molecule has 0 fully saturated rings. The van der Waals surface area contributed by atoms with Gasteiger partial charge in [0.25, 0.3) is 0 Å². The van der Waals surface area contributed by atoms with E-state index in [-0.39, 0.29) is 0 Å². The highest BCUT2D eigenvalue weighted by Crippen LogP contribution is 2.39. The molecule has 0 heterocycles. The van der Waals surface area contributed by atoms with E-state index >= 15 is 0 Å².